The molecule has 4 nitrogen and oxygen atoms in total. The third-order valence-electron chi connectivity index (χ3n) is 11.1. The van der Waals surface area contributed by atoms with Crippen molar-refractivity contribution in [1.82, 2.24) is 15.0 Å². The lowest BCUT2D eigenvalue weighted by Crippen LogP contribution is -2.01. The quantitative estimate of drug-likeness (QED) is 0.169. The van der Waals surface area contributed by atoms with Crippen LogP contribution in [0.15, 0.2) is 180 Å². The van der Waals surface area contributed by atoms with E-state index in [1.807, 2.05) is 12.1 Å². The number of benzene rings is 9. The second-order valence-corrected chi connectivity index (χ2v) is 15.4. The van der Waals surface area contributed by atoms with Crippen LogP contribution in [0, 0.1) is 0 Å². The maximum atomic E-state index is 6.66. The lowest BCUT2D eigenvalue weighted by atomic mass is 9.93. The van der Waals surface area contributed by atoms with E-state index in [4.69, 9.17) is 19.4 Å². The number of para-hydroxylation sites is 1. The van der Waals surface area contributed by atoms with Gasteiger partial charge in [0.25, 0.3) is 0 Å². The molecule has 0 saturated heterocycles. The van der Waals surface area contributed by atoms with Gasteiger partial charge in [-0.15, -0.1) is 11.3 Å². The summed E-state index contributed by atoms with van der Waals surface area (Å²) in [7, 11) is 0. The van der Waals surface area contributed by atoms with Crippen LogP contribution < -0.4 is 0 Å². The van der Waals surface area contributed by atoms with Gasteiger partial charge in [0, 0.05) is 42.1 Å². The van der Waals surface area contributed by atoms with Crippen LogP contribution in [0.3, 0.4) is 0 Å². The predicted octanol–water partition coefficient (Wildman–Crippen LogP) is 14.3. The summed E-state index contributed by atoms with van der Waals surface area (Å²) in [5.41, 5.74) is 6.65. The second-order valence-electron chi connectivity index (χ2n) is 14.3. The summed E-state index contributed by atoms with van der Waals surface area (Å²) in [4.78, 5) is 15.8. The van der Waals surface area contributed by atoms with Crippen molar-refractivity contribution in [3.05, 3.63) is 176 Å². The fourth-order valence-electron chi connectivity index (χ4n) is 8.45. The van der Waals surface area contributed by atoms with Crippen molar-refractivity contribution >= 4 is 85.8 Å². The molecule has 0 aliphatic carbocycles. The molecule has 12 aromatic rings. The number of aromatic nitrogens is 3. The fourth-order valence-corrected chi connectivity index (χ4v) is 9.59. The van der Waals surface area contributed by atoms with Gasteiger partial charge < -0.3 is 4.42 Å². The SMILES string of the molecule is c1ccc2c(-c3nc(-c4ccc(-c5cc6ccccc6c6ccccc56)cc4)nc(-c4ccc5c(c4)sc4ccccc45)n3)c3oc4ccccc4c3cc2c1. The van der Waals surface area contributed by atoms with Gasteiger partial charge in [-0.1, -0.05) is 146 Å². The zero-order valence-corrected chi connectivity index (χ0v) is 30.7. The number of thiophene rings is 1. The van der Waals surface area contributed by atoms with E-state index in [9.17, 15) is 0 Å². The first-order valence-electron chi connectivity index (χ1n) is 18.8. The van der Waals surface area contributed by atoms with Crippen molar-refractivity contribution in [1.29, 1.82) is 0 Å². The fraction of sp³-hybridized carbons (Fsp3) is 0. The predicted molar refractivity (Wildman–Crippen MR) is 234 cm³/mol. The van der Waals surface area contributed by atoms with Gasteiger partial charge in [0.2, 0.25) is 0 Å². The third kappa shape index (κ3) is 4.81. The van der Waals surface area contributed by atoms with E-state index in [-0.39, 0.29) is 0 Å². The van der Waals surface area contributed by atoms with Crippen LogP contribution in [0.2, 0.25) is 0 Å². The molecule has 0 spiro atoms. The largest absolute Gasteiger partial charge is 0.455 e. The summed E-state index contributed by atoms with van der Waals surface area (Å²) in [6, 6.07) is 62.2. The van der Waals surface area contributed by atoms with Gasteiger partial charge in [-0.3, -0.25) is 0 Å². The van der Waals surface area contributed by atoms with Crippen molar-refractivity contribution in [2.45, 2.75) is 0 Å². The lowest BCUT2D eigenvalue weighted by Gasteiger charge is -2.13. The first-order valence-corrected chi connectivity index (χ1v) is 19.6. The van der Waals surface area contributed by atoms with Crippen LogP contribution in [0.1, 0.15) is 0 Å². The van der Waals surface area contributed by atoms with Crippen LogP contribution in [0.4, 0.5) is 0 Å². The molecule has 9 aromatic carbocycles. The van der Waals surface area contributed by atoms with Gasteiger partial charge in [-0.25, -0.2) is 15.0 Å². The van der Waals surface area contributed by atoms with E-state index in [1.54, 1.807) is 11.3 Å². The summed E-state index contributed by atoms with van der Waals surface area (Å²) in [6.45, 7) is 0. The Bertz CT molecular complexity index is 3540. The Labute approximate surface area is 325 Å². The maximum absolute atomic E-state index is 6.66. The molecule has 12 rings (SSSR count). The zero-order chi connectivity index (χ0) is 36.7. The van der Waals surface area contributed by atoms with Crippen molar-refractivity contribution < 1.29 is 4.42 Å². The molecular weight excluding hydrogens is 703 g/mol. The number of fused-ring (bicyclic) bond motifs is 10. The maximum Gasteiger partial charge on any atom is 0.168 e. The van der Waals surface area contributed by atoms with Gasteiger partial charge in [-0.05, 0) is 73.8 Å². The third-order valence-corrected chi connectivity index (χ3v) is 12.2. The van der Waals surface area contributed by atoms with E-state index >= 15 is 0 Å². The van der Waals surface area contributed by atoms with Gasteiger partial charge in [-0.2, -0.15) is 0 Å². The molecule has 0 fully saturated rings. The highest BCUT2D eigenvalue weighted by atomic mass is 32.1. The van der Waals surface area contributed by atoms with Crippen molar-refractivity contribution in [3.63, 3.8) is 0 Å². The minimum Gasteiger partial charge on any atom is -0.455 e. The number of hydrogen-bond acceptors (Lipinski definition) is 5. The highest BCUT2D eigenvalue weighted by Crippen LogP contribution is 2.42. The highest BCUT2D eigenvalue weighted by molar-refractivity contribution is 7.25. The monoisotopic (exact) mass is 731 g/mol. The Balaban J connectivity index is 1.08. The molecule has 56 heavy (non-hydrogen) atoms. The van der Waals surface area contributed by atoms with Crippen LogP contribution in [0.5, 0.6) is 0 Å². The number of rotatable bonds is 4. The number of hydrogen-bond donors (Lipinski definition) is 0. The molecular formula is C51H29N3OS. The summed E-state index contributed by atoms with van der Waals surface area (Å²) in [5.74, 6) is 1.80. The van der Waals surface area contributed by atoms with Crippen LogP contribution in [-0.2, 0) is 0 Å². The molecule has 0 saturated carbocycles. The molecule has 260 valence electrons. The number of nitrogens with zero attached hydrogens (tertiary/aromatic N) is 3. The Morgan fingerprint density at radius 2 is 0.929 bits per heavy atom. The first kappa shape index (κ1) is 31.2. The van der Waals surface area contributed by atoms with Crippen molar-refractivity contribution in [2.24, 2.45) is 0 Å². The van der Waals surface area contributed by atoms with E-state index in [0.29, 0.717) is 17.5 Å². The lowest BCUT2D eigenvalue weighted by molar-refractivity contribution is 0.670. The molecule has 0 radical (unpaired) electrons. The summed E-state index contributed by atoms with van der Waals surface area (Å²) >= 11 is 1.79. The van der Waals surface area contributed by atoms with E-state index in [2.05, 4.69) is 164 Å². The van der Waals surface area contributed by atoms with Crippen LogP contribution in [0.25, 0.3) is 120 Å². The molecule has 3 heterocycles. The van der Waals surface area contributed by atoms with Crippen molar-refractivity contribution in [3.8, 4) is 45.3 Å². The standard InChI is InChI=1S/C51H29N3OS/c1-3-13-35-32(11-1)27-42(38-16-6-5-15-37(35)38)30-21-23-31(24-22-30)49-52-50(34-25-26-41-40-18-8-10-20-45(40)56-46(41)29-34)54-51(53-49)47-36-14-4-2-12-33(36)28-43-39-17-7-9-19-44(39)55-48(43)47/h1-29H. The topological polar surface area (TPSA) is 51.8 Å². The molecule has 0 bridgehead atoms. The summed E-state index contributed by atoms with van der Waals surface area (Å²) in [5, 5.41) is 11.7. The van der Waals surface area contributed by atoms with E-state index < -0.39 is 0 Å². The molecule has 0 amide bonds. The summed E-state index contributed by atoms with van der Waals surface area (Å²) < 4.78 is 9.12. The normalized spacial score (nSPS) is 11.9. The molecule has 0 aliphatic heterocycles. The Kier molecular flexibility index (Phi) is 6.76. The summed E-state index contributed by atoms with van der Waals surface area (Å²) in [6.07, 6.45) is 0. The molecule has 5 heteroatoms. The van der Waals surface area contributed by atoms with Crippen LogP contribution >= 0.6 is 11.3 Å². The molecule has 0 atom stereocenters. The molecule has 3 aromatic heterocycles. The van der Waals surface area contributed by atoms with Gasteiger partial charge >= 0.3 is 0 Å². The first-order chi connectivity index (χ1) is 27.7. The molecule has 0 unspecified atom stereocenters. The minimum absolute atomic E-state index is 0.576. The zero-order valence-electron chi connectivity index (χ0n) is 29.9. The Morgan fingerprint density at radius 1 is 0.357 bits per heavy atom. The van der Waals surface area contributed by atoms with Gasteiger partial charge in [0.1, 0.15) is 11.2 Å². The van der Waals surface area contributed by atoms with Crippen LogP contribution in [-0.4, -0.2) is 15.0 Å². The Morgan fingerprint density at radius 3 is 1.75 bits per heavy atom. The van der Waals surface area contributed by atoms with E-state index in [0.717, 1.165) is 55.0 Å². The average molecular weight is 732 g/mol. The highest BCUT2D eigenvalue weighted by Gasteiger charge is 2.21. The number of furan rings is 1. The smallest absolute Gasteiger partial charge is 0.168 e. The van der Waals surface area contributed by atoms with Crippen molar-refractivity contribution in [2.75, 3.05) is 0 Å². The average Bonchev–Trinajstić information content (AvgIpc) is 3.83. The molecule has 0 N–H and O–H groups in total. The van der Waals surface area contributed by atoms with Gasteiger partial charge in [0.05, 0.1) is 5.56 Å². The van der Waals surface area contributed by atoms with Gasteiger partial charge in [0.15, 0.2) is 17.5 Å². The van der Waals surface area contributed by atoms with E-state index in [1.165, 1.54) is 47.3 Å². The minimum atomic E-state index is 0.576. The Hall–Kier alpha value is -7.21. The second kappa shape index (κ2) is 12.2. The molecule has 0 aliphatic rings.